The molecule has 0 bridgehead atoms. The molecule has 0 aromatic heterocycles. The standard InChI is InChI=1S/C20H30N2O4.C2HF3O2/c1-25-13-11-22(12-14-26-2)20(24)6-5-19(23)18-4-3-16-7-9-21-10-8-17(16)15-18;3-2(4,5)1(6)7/h3-4,15,21H,5-14H2,1-2H3;(H,6,7). The number of aliphatic carboxylic acids is 1. The number of rotatable bonds is 10. The van der Waals surface area contributed by atoms with E-state index in [1.807, 2.05) is 12.1 Å². The number of fused-ring (bicyclic) bond motifs is 1. The van der Waals surface area contributed by atoms with Gasteiger partial charge in [-0.05, 0) is 43.1 Å². The van der Waals surface area contributed by atoms with Crippen molar-refractivity contribution >= 4 is 17.7 Å². The minimum absolute atomic E-state index is 0.0248. The number of alkyl halides is 3. The minimum Gasteiger partial charge on any atom is -0.475 e. The number of ether oxygens (including phenoxy) is 2. The number of carboxylic acids is 1. The average molecular weight is 476 g/mol. The molecule has 0 atom stereocenters. The third-order valence-electron chi connectivity index (χ3n) is 4.96. The highest BCUT2D eigenvalue weighted by Gasteiger charge is 2.38. The monoisotopic (exact) mass is 476 g/mol. The highest BCUT2D eigenvalue weighted by molar-refractivity contribution is 5.98. The van der Waals surface area contributed by atoms with Crippen molar-refractivity contribution in [3.8, 4) is 0 Å². The summed E-state index contributed by atoms with van der Waals surface area (Å²) >= 11 is 0. The SMILES string of the molecule is COCCN(CCOC)C(=O)CCC(=O)c1ccc2c(c1)CCNCC2.O=C(O)C(F)(F)F. The van der Waals surface area contributed by atoms with Gasteiger partial charge in [0.05, 0.1) is 13.2 Å². The number of methoxy groups -OCH3 is 2. The fourth-order valence-electron chi connectivity index (χ4n) is 3.13. The van der Waals surface area contributed by atoms with E-state index in [9.17, 15) is 22.8 Å². The quantitative estimate of drug-likeness (QED) is 0.498. The summed E-state index contributed by atoms with van der Waals surface area (Å²) in [5, 5.41) is 10.5. The highest BCUT2D eigenvalue weighted by atomic mass is 19.4. The molecule has 0 radical (unpaired) electrons. The Hall–Kier alpha value is -2.50. The lowest BCUT2D eigenvalue weighted by Gasteiger charge is -2.22. The van der Waals surface area contributed by atoms with Crippen molar-refractivity contribution in [3.63, 3.8) is 0 Å². The highest BCUT2D eigenvalue weighted by Crippen LogP contribution is 2.17. The molecule has 186 valence electrons. The molecule has 1 aliphatic rings. The van der Waals surface area contributed by atoms with Crippen molar-refractivity contribution in [2.75, 3.05) is 53.6 Å². The van der Waals surface area contributed by atoms with Gasteiger partial charge in [-0.3, -0.25) is 9.59 Å². The predicted octanol–water partition coefficient (Wildman–Crippen LogP) is 2.09. The number of nitrogens with one attached hydrogen (secondary N) is 1. The Morgan fingerprint density at radius 1 is 1.00 bits per heavy atom. The molecule has 0 spiro atoms. The maximum atomic E-state index is 12.5. The third kappa shape index (κ3) is 10.8. The van der Waals surface area contributed by atoms with E-state index >= 15 is 0 Å². The van der Waals surface area contributed by atoms with Crippen LogP contribution in [0.3, 0.4) is 0 Å². The fourth-order valence-corrected chi connectivity index (χ4v) is 3.13. The molecule has 0 saturated heterocycles. The van der Waals surface area contributed by atoms with Gasteiger partial charge in [0.25, 0.3) is 0 Å². The number of carbonyl (C=O) groups excluding carboxylic acids is 2. The number of carboxylic acid groups (broad SMARTS) is 1. The lowest BCUT2D eigenvalue weighted by Crippen LogP contribution is -2.36. The van der Waals surface area contributed by atoms with Gasteiger partial charge in [-0.15, -0.1) is 0 Å². The number of carbonyl (C=O) groups is 3. The van der Waals surface area contributed by atoms with Gasteiger partial charge in [-0.25, -0.2) is 4.79 Å². The zero-order valence-corrected chi connectivity index (χ0v) is 18.9. The Morgan fingerprint density at radius 2 is 1.55 bits per heavy atom. The molecule has 11 heteroatoms. The first kappa shape index (κ1) is 28.5. The summed E-state index contributed by atoms with van der Waals surface area (Å²) in [6, 6.07) is 5.95. The molecule has 8 nitrogen and oxygen atoms in total. The number of Topliss-reactive ketones (excluding diaryl/α,β-unsaturated/α-hetero) is 1. The molecule has 0 saturated carbocycles. The summed E-state index contributed by atoms with van der Waals surface area (Å²) in [7, 11) is 3.21. The van der Waals surface area contributed by atoms with Crippen LogP contribution in [-0.4, -0.2) is 87.5 Å². The van der Waals surface area contributed by atoms with Gasteiger partial charge in [0.15, 0.2) is 5.78 Å². The second-order valence-corrected chi connectivity index (χ2v) is 7.33. The Kier molecular flexibility index (Phi) is 12.6. The van der Waals surface area contributed by atoms with Crippen molar-refractivity contribution in [2.24, 2.45) is 0 Å². The van der Waals surface area contributed by atoms with Crippen LogP contribution in [-0.2, 0) is 31.9 Å². The molecule has 33 heavy (non-hydrogen) atoms. The van der Waals surface area contributed by atoms with Crippen molar-refractivity contribution in [2.45, 2.75) is 31.9 Å². The number of ketones is 1. The zero-order valence-electron chi connectivity index (χ0n) is 18.9. The first-order chi connectivity index (χ1) is 15.6. The minimum atomic E-state index is -5.08. The lowest BCUT2D eigenvalue weighted by molar-refractivity contribution is -0.192. The van der Waals surface area contributed by atoms with Gasteiger partial charge in [0.2, 0.25) is 5.91 Å². The Bertz CT molecular complexity index is 778. The Balaban J connectivity index is 0.000000675. The van der Waals surface area contributed by atoms with Crippen molar-refractivity contribution < 1.29 is 42.1 Å². The summed E-state index contributed by atoms with van der Waals surface area (Å²) in [6.45, 7) is 3.90. The smallest absolute Gasteiger partial charge is 0.475 e. The molecule has 1 heterocycles. The van der Waals surface area contributed by atoms with Crippen LogP contribution in [0.4, 0.5) is 13.2 Å². The molecule has 2 rings (SSSR count). The summed E-state index contributed by atoms with van der Waals surface area (Å²) in [6.07, 6.45) is -2.70. The maximum Gasteiger partial charge on any atom is 0.490 e. The summed E-state index contributed by atoms with van der Waals surface area (Å²) in [4.78, 5) is 35.6. The average Bonchev–Trinajstić information content (AvgIpc) is 3.02. The Labute approximate surface area is 191 Å². The van der Waals surface area contributed by atoms with Crippen LogP contribution in [0.1, 0.15) is 34.3 Å². The summed E-state index contributed by atoms with van der Waals surface area (Å²) < 4.78 is 41.8. The van der Waals surface area contributed by atoms with Crippen LogP contribution in [0.25, 0.3) is 0 Å². The van der Waals surface area contributed by atoms with Gasteiger partial charge >= 0.3 is 12.1 Å². The summed E-state index contributed by atoms with van der Waals surface area (Å²) in [5.74, 6) is -2.77. The number of hydrogen-bond donors (Lipinski definition) is 2. The second kappa shape index (κ2) is 14.6. The number of hydrogen-bond acceptors (Lipinski definition) is 6. The first-order valence-electron chi connectivity index (χ1n) is 10.5. The van der Waals surface area contributed by atoms with Crippen molar-refractivity contribution in [1.82, 2.24) is 10.2 Å². The largest absolute Gasteiger partial charge is 0.490 e. The fraction of sp³-hybridized carbons (Fsp3) is 0.591. The van der Waals surface area contributed by atoms with E-state index in [0.29, 0.717) is 31.9 Å². The predicted molar refractivity (Wildman–Crippen MR) is 114 cm³/mol. The topological polar surface area (TPSA) is 105 Å². The van der Waals surface area contributed by atoms with E-state index in [1.165, 1.54) is 11.1 Å². The van der Waals surface area contributed by atoms with E-state index in [0.717, 1.165) is 25.9 Å². The molecule has 1 aromatic carbocycles. The third-order valence-corrected chi connectivity index (χ3v) is 4.96. The maximum absolute atomic E-state index is 12.5. The molecular formula is C22H31F3N2O6. The van der Waals surface area contributed by atoms with Crippen LogP contribution in [0.5, 0.6) is 0 Å². The van der Waals surface area contributed by atoms with Gasteiger partial charge in [-0.2, -0.15) is 13.2 Å². The van der Waals surface area contributed by atoms with Crippen LogP contribution in [0.15, 0.2) is 18.2 Å². The van der Waals surface area contributed by atoms with Crippen LogP contribution in [0, 0.1) is 0 Å². The van der Waals surface area contributed by atoms with Crippen molar-refractivity contribution in [1.29, 1.82) is 0 Å². The molecule has 1 aliphatic heterocycles. The first-order valence-corrected chi connectivity index (χ1v) is 10.5. The Morgan fingerprint density at radius 3 is 2.06 bits per heavy atom. The summed E-state index contributed by atoms with van der Waals surface area (Å²) in [5.41, 5.74) is 3.26. The second-order valence-electron chi connectivity index (χ2n) is 7.33. The molecule has 0 unspecified atom stereocenters. The van der Waals surface area contributed by atoms with Crippen molar-refractivity contribution in [3.05, 3.63) is 34.9 Å². The molecule has 0 fully saturated rings. The number of nitrogens with zero attached hydrogens (tertiary/aromatic N) is 1. The van der Waals surface area contributed by atoms with E-state index < -0.39 is 12.1 Å². The van der Waals surface area contributed by atoms with Gasteiger partial charge in [0, 0.05) is 45.7 Å². The number of amides is 1. The molecule has 1 aromatic rings. The molecule has 2 N–H and O–H groups in total. The van der Waals surface area contributed by atoms with Crippen LogP contribution in [0.2, 0.25) is 0 Å². The number of benzene rings is 1. The van der Waals surface area contributed by atoms with Crippen LogP contribution < -0.4 is 5.32 Å². The molecular weight excluding hydrogens is 445 g/mol. The van der Waals surface area contributed by atoms with E-state index in [2.05, 4.69) is 11.4 Å². The van der Waals surface area contributed by atoms with E-state index in [4.69, 9.17) is 19.4 Å². The van der Waals surface area contributed by atoms with Gasteiger partial charge < -0.3 is 24.8 Å². The van der Waals surface area contributed by atoms with Gasteiger partial charge in [-0.1, -0.05) is 12.1 Å². The van der Waals surface area contributed by atoms with Crippen LogP contribution >= 0.6 is 0 Å². The normalized spacial score (nSPS) is 13.2. The number of halogens is 3. The molecule has 0 aliphatic carbocycles. The van der Waals surface area contributed by atoms with E-state index in [-0.39, 0.29) is 24.5 Å². The zero-order chi connectivity index (χ0) is 24.9. The van der Waals surface area contributed by atoms with Gasteiger partial charge in [0.1, 0.15) is 0 Å². The lowest BCUT2D eigenvalue weighted by atomic mass is 9.97. The van der Waals surface area contributed by atoms with E-state index in [1.54, 1.807) is 19.1 Å². The molecule has 1 amide bonds.